The lowest BCUT2D eigenvalue weighted by molar-refractivity contribution is -0.119. The lowest BCUT2D eigenvalue weighted by atomic mass is 9.83. The molecule has 1 N–H and O–H groups in total. The van der Waals surface area contributed by atoms with Crippen LogP contribution in [0.3, 0.4) is 0 Å². The fourth-order valence-electron chi connectivity index (χ4n) is 3.04. The van der Waals surface area contributed by atoms with Crippen molar-refractivity contribution in [2.24, 2.45) is 0 Å². The molecule has 0 unspecified atom stereocenters. The van der Waals surface area contributed by atoms with E-state index in [9.17, 15) is 14.3 Å². The number of benzene rings is 2. The molecule has 0 amide bonds. The standard InChI is InChI=1S/C17H15FO2/c18-13-8-6-12(7-9-13)17-15(20)10-14(19)16(17)11-4-2-1-3-5-11/h1-9,15-17,20H,10H2/t15-,16-,17-/m0/s1. The quantitative estimate of drug-likeness (QED) is 0.910. The van der Waals surface area contributed by atoms with Crippen molar-refractivity contribution >= 4 is 5.78 Å². The maximum absolute atomic E-state index is 13.0. The van der Waals surface area contributed by atoms with Gasteiger partial charge in [0.15, 0.2) is 0 Å². The first kappa shape index (κ1) is 13.0. The molecule has 102 valence electrons. The topological polar surface area (TPSA) is 37.3 Å². The summed E-state index contributed by atoms with van der Waals surface area (Å²) in [7, 11) is 0. The van der Waals surface area contributed by atoms with E-state index in [0.717, 1.165) is 11.1 Å². The molecule has 2 aromatic carbocycles. The Labute approximate surface area is 116 Å². The van der Waals surface area contributed by atoms with Crippen LogP contribution in [-0.2, 0) is 4.79 Å². The highest BCUT2D eigenvalue weighted by Crippen LogP contribution is 2.43. The van der Waals surface area contributed by atoms with Gasteiger partial charge in [-0.1, -0.05) is 42.5 Å². The van der Waals surface area contributed by atoms with Crippen molar-refractivity contribution in [2.45, 2.75) is 24.4 Å². The van der Waals surface area contributed by atoms with Gasteiger partial charge < -0.3 is 5.11 Å². The van der Waals surface area contributed by atoms with Gasteiger partial charge in [0.05, 0.1) is 12.0 Å². The SMILES string of the molecule is O=C1C[C@H](O)[C@H](c2ccc(F)cc2)[C@H]1c1ccccc1. The Morgan fingerprint density at radius 1 is 0.950 bits per heavy atom. The van der Waals surface area contributed by atoms with Crippen LogP contribution in [0, 0.1) is 5.82 Å². The predicted octanol–water partition coefficient (Wildman–Crippen LogP) is 3.03. The third kappa shape index (κ3) is 2.25. The highest BCUT2D eigenvalue weighted by atomic mass is 19.1. The maximum Gasteiger partial charge on any atom is 0.143 e. The van der Waals surface area contributed by atoms with Gasteiger partial charge in [-0.3, -0.25) is 4.79 Å². The van der Waals surface area contributed by atoms with E-state index in [0.29, 0.717) is 0 Å². The number of ketones is 1. The Morgan fingerprint density at radius 3 is 2.25 bits per heavy atom. The Balaban J connectivity index is 2.02. The van der Waals surface area contributed by atoms with Crippen molar-refractivity contribution < 1.29 is 14.3 Å². The normalized spacial score (nSPS) is 25.9. The summed E-state index contributed by atoms with van der Waals surface area (Å²) in [6, 6.07) is 15.5. The minimum atomic E-state index is -0.710. The Bertz CT molecular complexity index is 607. The zero-order valence-electron chi connectivity index (χ0n) is 10.9. The largest absolute Gasteiger partial charge is 0.392 e. The molecular weight excluding hydrogens is 255 g/mol. The second kappa shape index (κ2) is 5.17. The summed E-state index contributed by atoms with van der Waals surface area (Å²) in [6.45, 7) is 0. The Morgan fingerprint density at radius 2 is 1.60 bits per heavy atom. The zero-order chi connectivity index (χ0) is 14.1. The van der Waals surface area contributed by atoms with E-state index in [1.165, 1.54) is 12.1 Å². The first-order valence-electron chi connectivity index (χ1n) is 6.68. The molecule has 20 heavy (non-hydrogen) atoms. The average molecular weight is 270 g/mol. The van der Waals surface area contributed by atoms with Crippen LogP contribution < -0.4 is 0 Å². The average Bonchev–Trinajstić information content (AvgIpc) is 2.75. The maximum atomic E-state index is 13.0. The summed E-state index contributed by atoms with van der Waals surface area (Å²) in [5, 5.41) is 10.2. The molecule has 2 aromatic rings. The van der Waals surface area contributed by atoms with Crippen molar-refractivity contribution in [2.75, 3.05) is 0 Å². The smallest absolute Gasteiger partial charge is 0.143 e. The number of hydrogen-bond acceptors (Lipinski definition) is 2. The van der Waals surface area contributed by atoms with E-state index in [2.05, 4.69) is 0 Å². The zero-order valence-corrected chi connectivity index (χ0v) is 10.9. The van der Waals surface area contributed by atoms with Crippen LogP contribution in [0.25, 0.3) is 0 Å². The number of rotatable bonds is 2. The van der Waals surface area contributed by atoms with Gasteiger partial charge in [-0.05, 0) is 23.3 Å². The predicted molar refractivity (Wildman–Crippen MR) is 74.0 cm³/mol. The van der Waals surface area contributed by atoms with Crippen LogP contribution in [-0.4, -0.2) is 17.0 Å². The van der Waals surface area contributed by atoms with E-state index in [1.807, 2.05) is 30.3 Å². The molecule has 0 spiro atoms. The molecule has 1 saturated carbocycles. The van der Waals surface area contributed by atoms with Crippen LogP contribution in [0.2, 0.25) is 0 Å². The van der Waals surface area contributed by atoms with Crippen LogP contribution in [0.1, 0.15) is 29.4 Å². The van der Waals surface area contributed by atoms with Crippen molar-refractivity contribution in [1.29, 1.82) is 0 Å². The van der Waals surface area contributed by atoms with Gasteiger partial charge in [0.25, 0.3) is 0 Å². The third-order valence-corrected chi connectivity index (χ3v) is 3.94. The molecular formula is C17H15FO2. The molecule has 1 aliphatic carbocycles. The monoisotopic (exact) mass is 270 g/mol. The molecule has 1 aliphatic rings. The lowest BCUT2D eigenvalue weighted by Gasteiger charge is -2.21. The molecule has 0 radical (unpaired) electrons. The second-order valence-electron chi connectivity index (χ2n) is 5.20. The van der Waals surface area contributed by atoms with Gasteiger partial charge in [-0.15, -0.1) is 0 Å². The molecule has 0 aliphatic heterocycles. The minimum Gasteiger partial charge on any atom is -0.392 e. The van der Waals surface area contributed by atoms with Gasteiger partial charge >= 0.3 is 0 Å². The van der Waals surface area contributed by atoms with Crippen LogP contribution in [0.5, 0.6) is 0 Å². The number of carbonyl (C=O) groups excluding carboxylic acids is 1. The lowest BCUT2D eigenvalue weighted by Crippen LogP contribution is -2.17. The van der Waals surface area contributed by atoms with Crippen LogP contribution in [0.15, 0.2) is 54.6 Å². The van der Waals surface area contributed by atoms with Gasteiger partial charge in [0, 0.05) is 12.3 Å². The summed E-state index contributed by atoms with van der Waals surface area (Å²) in [5.74, 6) is -0.927. The summed E-state index contributed by atoms with van der Waals surface area (Å²) in [4.78, 5) is 12.2. The van der Waals surface area contributed by atoms with Crippen LogP contribution >= 0.6 is 0 Å². The molecule has 0 saturated heterocycles. The first-order chi connectivity index (χ1) is 9.66. The Kier molecular flexibility index (Phi) is 3.36. The van der Waals surface area contributed by atoms with E-state index in [4.69, 9.17) is 0 Å². The van der Waals surface area contributed by atoms with Gasteiger partial charge in [0.1, 0.15) is 11.6 Å². The van der Waals surface area contributed by atoms with E-state index >= 15 is 0 Å². The van der Waals surface area contributed by atoms with E-state index in [-0.39, 0.29) is 29.9 Å². The molecule has 1 fully saturated rings. The highest BCUT2D eigenvalue weighted by molar-refractivity contribution is 5.90. The molecule has 0 aromatic heterocycles. The summed E-state index contributed by atoms with van der Waals surface area (Å²) in [5.41, 5.74) is 1.71. The molecule has 3 atom stereocenters. The first-order valence-corrected chi connectivity index (χ1v) is 6.68. The summed E-state index contributed by atoms with van der Waals surface area (Å²) in [6.07, 6.45) is -0.556. The fraction of sp³-hybridized carbons (Fsp3) is 0.235. The summed E-state index contributed by atoms with van der Waals surface area (Å²) < 4.78 is 13.0. The Hall–Kier alpha value is -2.00. The van der Waals surface area contributed by atoms with Crippen molar-refractivity contribution in [1.82, 2.24) is 0 Å². The van der Waals surface area contributed by atoms with E-state index in [1.54, 1.807) is 12.1 Å². The molecule has 0 heterocycles. The summed E-state index contributed by atoms with van der Waals surface area (Å²) >= 11 is 0. The number of aliphatic hydroxyl groups excluding tert-OH is 1. The van der Waals surface area contributed by atoms with Gasteiger partial charge in [0.2, 0.25) is 0 Å². The second-order valence-corrected chi connectivity index (χ2v) is 5.20. The molecule has 3 rings (SSSR count). The molecule has 2 nitrogen and oxygen atoms in total. The van der Waals surface area contributed by atoms with E-state index < -0.39 is 6.10 Å². The van der Waals surface area contributed by atoms with Gasteiger partial charge in [-0.25, -0.2) is 4.39 Å². The highest BCUT2D eigenvalue weighted by Gasteiger charge is 2.43. The number of halogens is 1. The number of aliphatic hydroxyl groups is 1. The number of Topliss-reactive ketones (excluding diaryl/α,β-unsaturated/α-hetero) is 1. The molecule has 3 heteroatoms. The van der Waals surface area contributed by atoms with Crippen LogP contribution in [0.4, 0.5) is 4.39 Å². The number of hydrogen-bond donors (Lipinski definition) is 1. The minimum absolute atomic E-state index is 0.0398. The van der Waals surface area contributed by atoms with Crippen molar-refractivity contribution in [3.63, 3.8) is 0 Å². The fourth-order valence-corrected chi connectivity index (χ4v) is 3.04. The number of carbonyl (C=O) groups is 1. The van der Waals surface area contributed by atoms with Crippen molar-refractivity contribution in [3.8, 4) is 0 Å². The van der Waals surface area contributed by atoms with Gasteiger partial charge in [-0.2, -0.15) is 0 Å². The molecule has 0 bridgehead atoms. The van der Waals surface area contributed by atoms with Crippen molar-refractivity contribution in [3.05, 3.63) is 71.5 Å². The third-order valence-electron chi connectivity index (χ3n) is 3.94.